The number of hydrogen-bond acceptors (Lipinski definition) is 2. The summed E-state index contributed by atoms with van der Waals surface area (Å²) < 4.78 is 0. The average Bonchev–Trinajstić information content (AvgIpc) is 2.79. The van der Waals surface area contributed by atoms with E-state index < -0.39 is 0 Å². The summed E-state index contributed by atoms with van der Waals surface area (Å²) in [6.45, 7) is 6.16. The van der Waals surface area contributed by atoms with Crippen molar-refractivity contribution in [2.24, 2.45) is 5.92 Å². The van der Waals surface area contributed by atoms with E-state index in [1.165, 1.54) is 0 Å². The van der Waals surface area contributed by atoms with Crippen LogP contribution in [0.5, 0.6) is 0 Å². The van der Waals surface area contributed by atoms with Crippen LogP contribution >= 0.6 is 0 Å². The molecule has 0 saturated heterocycles. The Kier molecular flexibility index (Phi) is 5.40. The van der Waals surface area contributed by atoms with Gasteiger partial charge in [-0.2, -0.15) is 0 Å². The quantitative estimate of drug-likeness (QED) is 0.894. The number of nitrogens with one attached hydrogen (secondary N) is 1. The van der Waals surface area contributed by atoms with Gasteiger partial charge in [0.25, 0.3) is 0 Å². The maximum atomic E-state index is 13.3. The summed E-state index contributed by atoms with van der Waals surface area (Å²) in [5, 5.41) is 2.98. The first-order valence-electron chi connectivity index (χ1n) is 9.31. The number of hydrogen-bond donors (Lipinski definition) is 1. The molecule has 4 heteroatoms. The average molecular weight is 350 g/mol. The molecule has 1 aliphatic heterocycles. The molecule has 1 atom stereocenters. The van der Waals surface area contributed by atoms with Crippen LogP contribution in [-0.4, -0.2) is 23.3 Å². The monoisotopic (exact) mass is 350 g/mol. The highest BCUT2D eigenvalue weighted by Crippen LogP contribution is 2.37. The Morgan fingerprint density at radius 1 is 1.15 bits per heavy atom. The van der Waals surface area contributed by atoms with Gasteiger partial charge in [-0.15, -0.1) is 0 Å². The first-order valence-corrected chi connectivity index (χ1v) is 9.31. The van der Waals surface area contributed by atoms with Gasteiger partial charge in [-0.25, -0.2) is 0 Å². The molecule has 0 bridgehead atoms. The molecule has 3 rings (SSSR count). The summed E-state index contributed by atoms with van der Waals surface area (Å²) in [4.78, 5) is 27.6. The number of benzene rings is 2. The summed E-state index contributed by atoms with van der Waals surface area (Å²) in [5.41, 5.74) is 3.89. The van der Waals surface area contributed by atoms with Crippen molar-refractivity contribution in [3.63, 3.8) is 0 Å². The van der Waals surface area contributed by atoms with Gasteiger partial charge in [-0.3, -0.25) is 9.59 Å². The van der Waals surface area contributed by atoms with E-state index in [9.17, 15) is 9.59 Å². The molecule has 26 heavy (non-hydrogen) atoms. The highest BCUT2D eigenvalue weighted by molar-refractivity contribution is 5.97. The predicted molar refractivity (Wildman–Crippen MR) is 104 cm³/mol. The van der Waals surface area contributed by atoms with Gasteiger partial charge in [0.05, 0.1) is 6.04 Å². The van der Waals surface area contributed by atoms with E-state index in [0.717, 1.165) is 35.2 Å². The Bertz CT molecular complexity index is 797. The van der Waals surface area contributed by atoms with Gasteiger partial charge >= 0.3 is 0 Å². The van der Waals surface area contributed by atoms with Crippen LogP contribution in [0.3, 0.4) is 0 Å². The maximum absolute atomic E-state index is 13.3. The second kappa shape index (κ2) is 7.73. The van der Waals surface area contributed by atoms with Crippen LogP contribution in [0.15, 0.2) is 48.5 Å². The third-order valence-corrected chi connectivity index (χ3v) is 5.13. The van der Waals surface area contributed by atoms with Gasteiger partial charge in [-0.1, -0.05) is 61.9 Å². The number of fused-ring (bicyclic) bond motifs is 1. The predicted octanol–water partition coefficient (Wildman–Crippen LogP) is 4.30. The normalized spacial score (nSPS) is 16.8. The summed E-state index contributed by atoms with van der Waals surface area (Å²) in [6.07, 6.45) is 1.55. The smallest absolute Gasteiger partial charge is 0.244 e. The standard InChI is InChI=1S/C22H26N2O2/c1-4-16(5-2)22(26)24-14-20(25)23-19-12-11-15(3)13-18(19)21(24)17-9-7-6-8-10-17/h6-13,16,21H,4-5,14H2,1-3H3,(H,23,25)/t21-/m1/s1. The molecule has 0 unspecified atom stereocenters. The van der Waals surface area contributed by atoms with Gasteiger partial charge in [-0.05, 0) is 31.4 Å². The fourth-order valence-corrected chi connectivity index (χ4v) is 3.70. The Balaban J connectivity index is 2.17. The third kappa shape index (κ3) is 3.50. The van der Waals surface area contributed by atoms with E-state index in [4.69, 9.17) is 0 Å². The van der Waals surface area contributed by atoms with Gasteiger partial charge in [0.15, 0.2) is 0 Å². The zero-order chi connectivity index (χ0) is 18.7. The lowest BCUT2D eigenvalue weighted by Gasteiger charge is -2.33. The summed E-state index contributed by atoms with van der Waals surface area (Å²) in [7, 11) is 0. The largest absolute Gasteiger partial charge is 0.324 e. The number of aryl methyl sites for hydroxylation is 1. The number of anilines is 1. The Hall–Kier alpha value is -2.62. The van der Waals surface area contributed by atoms with E-state index in [0.29, 0.717) is 0 Å². The molecule has 0 aromatic heterocycles. The van der Waals surface area contributed by atoms with E-state index in [-0.39, 0.29) is 30.3 Å². The molecule has 0 aliphatic carbocycles. The van der Waals surface area contributed by atoms with Crippen LogP contribution in [0, 0.1) is 12.8 Å². The lowest BCUT2D eigenvalue weighted by Crippen LogP contribution is -2.42. The molecule has 4 nitrogen and oxygen atoms in total. The Labute approximate surface area is 155 Å². The van der Waals surface area contributed by atoms with E-state index in [2.05, 4.69) is 11.4 Å². The topological polar surface area (TPSA) is 49.4 Å². The molecule has 0 fully saturated rings. The van der Waals surface area contributed by atoms with Crippen molar-refractivity contribution in [3.05, 3.63) is 65.2 Å². The highest BCUT2D eigenvalue weighted by Gasteiger charge is 2.35. The highest BCUT2D eigenvalue weighted by atomic mass is 16.2. The molecule has 1 heterocycles. The van der Waals surface area contributed by atoms with E-state index in [1.54, 1.807) is 4.90 Å². The summed E-state index contributed by atoms with van der Waals surface area (Å²) in [6, 6.07) is 15.7. The molecule has 0 spiro atoms. The minimum atomic E-state index is -0.266. The van der Waals surface area contributed by atoms with Crippen molar-refractivity contribution >= 4 is 17.5 Å². The van der Waals surface area contributed by atoms with Crippen molar-refractivity contribution in [2.75, 3.05) is 11.9 Å². The van der Waals surface area contributed by atoms with Crippen molar-refractivity contribution in [2.45, 2.75) is 39.7 Å². The van der Waals surface area contributed by atoms with Crippen LogP contribution in [0.4, 0.5) is 5.69 Å². The number of rotatable bonds is 4. The zero-order valence-electron chi connectivity index (χ0n) is 15.7. The van der Waals surface area contributed by atoms with Crippen LogP contribution in [0.2, 0.25) is 0 Å². The lowest BCUT2D eigenvalue weighted by atomic mass is 9.92. The Morgan fingerprint density at radius 2 is 1.85 bits per heavy atom. The number of carbonyl (C=O) groups is 2. The number of carbonyl (C=O) groups excluding carboxylic acids is 2. The molecule has 136 valence electrons. The van der Waals surface area contributed by atoms with Gasteiger partial charge in [0, 0.05) is 17.2 Å². The lowest BCUT2D eigenvalue weighted by molar-refractivity contribution is -0.140. The number of nitrogens with zero attached hydrogens (tertiary/aromatic N) is 1. The third-order valence-electron chi connectivity index (χ3n) is 5.13. The fourth-order valence-electron chi connectivity index (χ4n) is 3.70. The van der Waals surface area contributed by atoms with Crippen molar-refractivity contribution in [3.8, 4) is 0 Å². The minimum absolute atomic E-state index is 0.0494. The Morgan fingerprint density at radius 3 is 2.50 bits per heavy atom. The van der Waals surface area contributed by atoms with Crippen LogP contribution in [0.1, 0.15) is 49.4 Å². The molecule has 0 saturated carbocycles. The van der Waals surface area contributed by atoms with Crippen molar-refractivity contribution < 1.29 is 9.59 Å². The van der Waals surface area contributed by atoms with Gasteiger partial charge < -0.3 is 10.2 Å². The molecule has 2 amide bonds. The molecular formula is C22H26N2O2. The van der Waals surface area contributed by atoms with Gasteiger partial charge in [0.2, 0.25) is 11.8 Å². The second-order valence-electron chi connectivity index (χ2n) is 6.93. The molecule has 1 aliphatic rings. The summed E-state index contributed by atoms with van der Waals surface area (Å²) >= 11 is 0. The van der Waals surface area contributed by atoms with Crippen molar-refractivity contribution in [1.29, 1.82) is 0 Å². The molecule has 1 N–H and O–H groups in total. The van der Waals surface area contributed by atoms with Crippen LogP contribution in [0.25, 0.3) is 0 Å². The van der Waals surface area contributed by atoms with Gasteiger partial charge in [0.1, 0.15) is 6.54 Å². The molecule has 2 aromatic carbocycles. The van der Waals surface area contributed by atoms with E-state index >= 15 is 0 Å². The first kappa shape index (κ1) is 18.2. The van der Waals surface area contributed by atoms with Crippen LogP contribution in [-0.2, 0) is 9.59 Å². The fraction of sp³-hybridized carbons (Fsp3) is 0.364. The first-order chi connectivity index (χ1) is 12.5. The SMILES string of the molecule is CCC(CC)C(=O)N1CC(=O)Nc2ccc(C)cc2[C@H]1c1ccccc1. The van der Waals surface area contributed by atoms with E-state index in [1.807, 2.05) is 63.2 Å². The zero-order valence-corrected chi connectivity index (χ0v) is 15.7. The van der Waals surface area contributed by atoms with Crippen LogP contribution < -0.4 is 5.32 Å². The number of amides is 2. The minimum Gasteiger partial charge on any atom is -0.324 e. The maximum Gasteiger partial charge on any atom is 0.244 e. The summed E-state index contributed by atoms with van der Waals surface area (Å²) in [5.74, 6) is -0.165. The molecule has 2 aromatic rings. The second-order valence-corrected chi connectivity index (χ2v) is 6.93. The molecule has 0 radical (unpaired) electrons. The van der Waals surface area contributed by atoms with Crippen molar-refractivity contribution in [1.82, 2.24) is 4.90 Å². The molecular weight excluding hydrogens is 324 g/mol.